The summed E-state index contributed by atoms with van der Waals surface area (Å²) < 4.78 is 2.55. The molecule has 0 radical (unpaired) electrons. The van der Waals surface area contributed by atoms with E-state index < -0.39 is 0 Å². The number of hydrogen-bond acceptors (Lipinski definition) is 2. The number of para-hydroxylation sites is 2. The molecule has 9 aromatic carbocycles. The normalized spacial score (nSPS) is 17.9. The number of likely N-dealkylation sites (N-methyl/N-ethyl adjacent to an activating group) is 1. The summed E-state index contributed by atoms with van der Waals surface area (Å²) in [6.07, 6.45) is 0. The molecule has 2 aromatic heterocycles. The smallest absolute Gasteiger partial charge is 0.136 e. The summed E-state index contributed by atoms with van der Waals surface area (Å²) in [5, 5.41) is 13.0. The molecular weight excluding hydrogens is 691 g/mol. The van der Waals surface area contributed by atoms with E-state index in [9.17, 15) is 0 Å². The molecule has 13 rings (SSSR count). The van der Waals surface area contributed by atoms with Crippen LogP contribution in [-0.2, 0) is 0 Å². The van der Waals surface area contributed by atoms with Gasteiger partial charge in [0.15, 0.2) is 0 Å². The maximum absolute atomic E-state index is 5.48. The van der Waals surface area contributed by atoms with Crippen molar-refractivity contribution in [2.45, 2.75) is 24.8 Å². The Balaban J connectivity index is 1.12. The van der Waals surface area contributed by atoms with Crippen molar-refractivity contribution in [2.24, 2.45) is 4.99 Å². The Morgan fingerprint density at radius 3 is 2.00 bits per heavy atom. The molecule has 57 heavy (non-hydrogen) atoms. The molecule has 2 aliphatic rings. The second kappa shape index (κ2) is 11.3. The molecule has 1 aliphatic carbocycles. The molecule has 0 fully saturated rings. The summed E-state index contributed by atoms with van der Waals surface area (Å²) in [6, 6.07) is 63.4. The second-order valence-corrected chi connectivity index (χ2v) is 16.3. The fraction of sp³-hybridized carbons (Fsp3) is 0.0926. The molecule has 0 saturated carbocycles. The maximum atomic E-state index is 5.48. The Hall–Kier alpha value is -6.97. The van der Waals surface area contributed by atoms with Crippen LogP contribution in [0.2, 0.25) is 0 Å². The Morgan fingerprint density at radius 2 is 1.14 bits per heavy atom. The summed E-state index contributed by atoms with van der Waals surface area (Å²) in [4.78, 5) is 7.99. The molecule has 0 saturated heterocycles. The third kappa shape index (κ3) is 4.08. The highest BCUT2D eigenvalue weighted by atomic mass is 15.2. The standard InChI is InChI=1S/C54H37N3/c1-31-36-15-7-8-18-39(36)50-43(30-44-49-38-17-6-4-14-33(38)27-28-47(49)57-46-22-12-10-20-41(46)51(50)53(44)57)48(31)52-40-19-9-11-21-45(40)55-54(56(52)2)35-26-25-34-24-23-32-13-3-5-16-37(32)42(34)29-35/h3-31,48,52H,1-2H3. The first-order valence-electron chi connectivity index (χ1n) is 20.2. The zero-order chi connectivity index (χ0) is 37.5. The van der Waals surface area contributed by atoms with Crippen LogP contribution < -0.4 is 0 Å². The van der Waals surface area contributed by atoms with Crippen molar-refractivity contribution in [1.82, 2.24) is 9.30 Å². The lowest BCUT2D eigenvalue weighted by molar-refractivity contribution is 0.290. The van der Waals surface area contributed by atoms with Crippen LogP contribution in [0.4, 0.5) is 5.69 Å². The molecule has 0 spiro atoms. The SMILES string of the molecule is CC1c2ccccc2-c2c(cc3c4c5ccccc5ccc4n4c5ccccc5c2c34)C1C1c2ccccc2N=C(c2ccc3ccc4ccccc4c3c2)N1C. The van der Waals surface area contributed by atoms with Crippen molar-refractivity contribution in [3.63, 3.8) is 0 Å². The molecule has 11 aromatic rings. The molecule has 3 nitrogen and oxygen atoms in total. The van der Waals surface area contributed by atoms with Crippen LogP contribution in [0.5, 0.6) is 0 Å². The Kier molecular flexibility index (Phi) is 6.20. The number of amidine groups is 1. The Labute approximate surface area is 330 Å². The lowest BCUT2D eigenvalue weighted by Crippen LogP contribution is -2.39. The van der Waals surface area contributed by atoms with E-state index in [4.69, 9.17) is 4.99 Å². The predicted octanol–water partition coefficient (Wildman–Crippen LogP) is 13.9. The Bertz CT molecular complexity index is 3530. The molecule has 3 heteroatoms. The summed E-state index contributed by atoms with van der Waals surface area (Å²) >= 11 is 0. The van der Waals surface area contributed by atoms with Crippen LogP contribution >= 0.6 is 0 Å². The molecule has 0 bridgehead atoms. The maximum Gasteiger partial charge on any atom is 0.136 e. The fourth-order valence-electron chi connectivity index (χ4n) is 11.2. The van der Waals surface area contributed by atoms with Gasteiger partial charge in [-0.3, -0.25) is 0 Å². The molecule has 3 unspecified atom stereocenters. The van der Waals surface area contributed by atoms with Crippen LogP contribution in [0.25, 0.3) is 81.5 Å². The lowest BCUT2D eigenvalue weighted by Gasteiger charge is -2.45. The van der Waals surface area contributed by atoms with Gasteiger partial charge in [0.25, 0.3) is 0 Å². The first-order valence-corrected chi connectivity index (χ1v) is 20.2. The van der Waals surface area contributed by atoms with Gasteiger partial charge < -0.3 is 9.30 Å². The van der Waals surface area contributed by atoms with Crippen molar-refractivity contribution in [3.05, 3.63) is 192 Å². The number of nitrogens with zero attached hydrogens (tertiary/aromatic N) is 3. The average molecular weight is 728 g/mol. The zero-order valence-corrected chi connectivity index (χ0v) is 31.7. The minimum absolute atomic E-state index is 0.0328. The van der Waals surface area contributed by atoms with Gasteiger partial charge in [-0.05, 0) is 90.8 Å². The minimum Gasteiger partial charge on any atom is -0.351 e. The molecule has 1 aliphatic heterocycles. The molecule has 3 atom stereocenters. The van der Waals surface area contributed by atoms with Crippen LogP contribution in [0.3, 0.4) is 0 Å². The number of rotatable bonds is 2. The van der Waals surface area contributed by atoms with Crippen LogP contribution in [0.1, 0.15) is 47.1 Å². The third-order valence-corrected chi connectivity index (χ3v) is 13.6. The van der Waals surface area contributed by atoms with Crippen molar-refractivity contribution in [1.29, 1.82) is 0 Å². The van der Waals surface area contributed by atoms with Gasteiger partial charge in [-0.2, -0.15) is 0 Å². The summed E-state index contributed by atoms with van der Waals surface area (Å²) in [6.45, 7) is 2.46. The molecule has 3 heterocycles. The summed E-state index contributed by atoms with van der Waals surface area (Å²) in [5.74, 6) is 1.38. The van der Waals surface area contributed by atoms with Crippen molar-refractivity contribution in [2.75, 3.05) is 7.05 Å². The van der Waals surface area contributed by atoms with Crippen molar-refractivity contribution < 1.29 is 0 Å². The number of hydrogen-bond donors (Lipinski definition) is 0. The van der Waals surface area contributed by atoms with Crippen molar-refractivity contribution >= 4 is 81.9 Å². The van der Waals surface area contributed by atoms with E-state index in [1.807, 2.05) is 0 Å². The monoisotopic (exact) mass is 727 g/mol. The van der Waals surface area contributed by atoms with Gasteiger partial charge in [0.1, 0.15) is 5.84 Å². The topological polar surface area (TPSA) is 20.0 Å². The predicted molar refractivity (Wildman–Crippen MR) is 240 cm³/mol. The van der Waals surface area contributed by atoms with E-state index in [2.05, 4.69) is 193 Å². The van der Waals surface area contributed by atoms with Gasteiger partial charge >= 0.3 is 0 Å². The van der Waals surface area contributed by atoms with Gasteiger partial charge in [-0.1, -0.05) is 146 Å². The highest BCUT2D eigenvalue weighted by molar-refractivity contribution is 6.31. The molecular formula is C54H37N3. The van der Waals surface area contributed by atoms with Gasteiger partial charge in [-0.15, -0.1) is 0 Å². The van der Waals surface area contributed by atoms with Crippen LogP contribution in [0, 0.1) is 0 Å². The number of fused-ring (bicyclic) bond motifs is 16. The number of aromatic nitrogens is 1. The van der Waals surface area contributed by atoms with Gasteiger partial charge in [0.2, 0.25) is 0 Å². The quantitative estimate of drug-likeness (QED) is 0.162. The lowest BCUT2D eigenvalue weighted by atomic mass is 9.66. The van der Waals surface area contributed by atoms with E-state index in [-0.39, 0.29) is 17.9 Å². The minimum atomic E-state index is 0.0328. The van der Waals surface area contributed by atoms with Crippen molar-refractivity contribution in [3.8, 4) is 11.1 Å². The third-order valence-electron chi connectivity index (χ3n) is 13.6. The number of benzene rings is 9. The van der Waals surface area contributed by atoms with E-state index in [1.165, 1.54) is 98.2 Å². The zero-order valence-electron chi connectivity index (χ0n) is 31.7. The largest absolute Gasteiger partial charge is 0.351 e. The van der Waals surface area contributed by atoms with E-state index in [1.54, 1.807) is 0 Å². The molecule has 0 N–H and O–H groups in total. The first-order chi connectivity index (χ1) is 28.1. The first kappa shape index (κ1) is 31.3. The fourth-order valence-corrected chi connectivity index (χ4v) is 11.2. The number of aliphatic imine (C=N–C) groups is 1. The van der Waals surface area contributed by atoms with Crippen LogP contribution in [-0.4, -0.2) is 22.2 Å². The van der Waals surface area contributed by atoms with Gasteiger partial charge in [0.05, 0.1) is 28.3 Å². The van der Waals surface area contributed by atoms with Gasteiger partial charge in [-0.25, -0.2) is 4.99 Å². The Morgan fingerprint density at radius 1 is 0.491 bits per heavy atom. The molecule has 268 valence electrons. The molecule has 0 amide bonds. The van der Waals surface area contributed by atoms with E-state index in [0.29, 0.717) is 0 Å². The highest BCUT2D eigenvalue weighted by Crippen LogP contribution is 2.59. The second-order valence-electron chi connectivity index (χ2n) is 16.3. The summed E-state index contributed by atoms with van der Waals surface area (Å²) in [5.41, 5.74) is 12.9. The average Bonchev–Trinajstić information content (AvgIpc) is 3.79. The van der Waals surface area contributed by atoms with E-state index in [0.717, 1.165) is 17.1 Å². The van der Waals surface area contributed by atoms with E-state index >= 15 is 0 Å². The van der Waals surface area contributed by atoms with Gasteiger partial charge in [0, 0.05) is 45.6 Å². The van der Waals surface area contributed by atoms with Crippen LogP contribution in [0.15, 0.2) is 175 Å². The highest BCUT2D eigenvalue weighted by Gasteiger charge is 2.43. The summed E-state index contributed by atoms with van der Waals surface area (Å²) in [7, 11) is 2.28.